The smallest absolute Gasteiger partial charge is 0.238 e. The monoisotopic (exact) mass is 323 g/mol. The largest absolute Gasteiger partial charge is 0.444 e. The number of ether oxygens (including phenoxy) is 1. The molecule has 1 aromatic rings. The standard InChI is InChI=1S/C17H29N3O3/c1-10(2)16(20-8-11(3)22-12(4)9-20)17(21)18-7-15-19-13(5)14(6)23-15/h10-12,16H,7-9H2,1-6H3,(H,18,21). The first-order chi connectivity index (χ1) is 10.8. The summed E-state index contributed by atoms with van der Waals surface area (Å²) >= 11 is 0. The maximum atomic E-state index is 12.7. The minimum absolute atomic E-state index is 0.0230. The van der Waals surface area contributed by atoms with Gasteiger partial charge in [0, 0.05) is 13.1 Å². The average molecular weight is 323 g/mol. The van der Waals surface area contributed by atoms with Gasteiger partial charge in [0.25, 0.3) is 0 Å². The Hall–Kier alpha value is -1.40. The lowest BCUT2D eigenvalue weighted by atomic mass is 9.99. The number of carbonyl (C=O) groups is 1. The summed E-state index contributed by atoms with van der Waals surface area (Å²) in [4.78, 5) is 19.2. The lowest BCUT2D eigenvalue weighted by Crippen LogP contribution is -2.56. The van der Waals surface area contributed by atoms with Gasteiger partial charge in [-0.05, 0) is 33.6 Å². The molecule has 1 aliphatic heterocycles. The molecule has 0 spiro atoms. The summed E-state index contributed by atoms with van der Waals surface area (Å²) in [5.41, 5.74) is 0.866. The summed E-state index contributed by atoms with van der Waals surface area (Å²) < 4.78 is 11.3. The number of hydrogen-bond acceptors (Lipinski definition) is 5. The minimum Gasteiger partial charge on any atom is -0.444 e. The molecule has 1 saturated heterocycles. The van der Waals surface area contributed by atoms with E-state index in [0.29, 0.717) is 12.4 Å². The molecule has 2 rings (SSSR count). The lowest BCUT2D eigenvalue weighted by Gasteiger charge is -2.40. The highest BCUT2D eigenvalue weighted by Crippen LogP contribution is 2.19. The lowest BCUT2D eigenvalue weighted by molar-refractivity contribution is -0.135. The number of nitrogens with zero attached hydrogens (tertiary/aromatic N) is 2. The fourth-order valence-electron chi connectivity index (χ4n) is 3.22. The molecule has 130 valence electrons. The summed E-state index contributed by atoms with van der Waals surface area (Å²) in [6, 6.07) is -0.166. The van der Waals surface area contributed by atoms with Gasteiger partial charge in [0.15, 0.2) is 0 Å². The van der Waals surface area contributed by atoms with E-state index in [1.807, 2.05) is 13.8 Å². The molecule has 6 heteroatoms. The molecule has 1 N–H and O–H groups in total. The molecule has 2 heterocycles. The molecule has 0 aliphatic carbocycles. The van der Waals surface area contributed by atoms with Crippen molar-refractivity contribution >= 4 is 5.91 Å². The van der Waals surface area contributed by atoms with E-state index in [1.54, 1.807) is 0 Å². The normalized spacial score (nSPS) is 24.0. The van der Waals surface area contributed by atoms with Crippen molar-refractivity contribution in [2.45, 2.75) is 66.3 Å². The maximum Gasteiger partial charge on any atom is 0.238 e. The van der Waals surface area contributed by atoms with Crippen molar-refractivity contribution in [3.05, 3.63) is 17.3 Å². The Kier molecular flexibility index (Phi) is 5.81. The number of oxazole rings is 1. The van der Waals surface area contributed by atoms with Crippen molar-refractivity contribution in [3.8, 4) is 0 Å². The van der Waals surface area contributed by atoms with E-state index < -0.39 is 0 Å². The highest BCUT2D eigenvalue weighted by Gasteiger charge is 2.34. The van der Waals surface area contributed by atoms with Gasteiger partial charge in [-0.2, -0.15) is 0 Å². The van der Waals surface area contributed by atoms with E-state index in [1.165, 1.54) is 0 Å². The van der Waals surface area contributed by atoms with Crippen molar-refractivity contribution in [2.24, 2.45) is 5.92 Å². The van der Waals surface area contributed by atoms with E-state index in [9.17, 15) is 4.79 Å². The number of amides is 1. The van der Waals surface area contributed by atoms with Crippen molar-refractivity contribution in [1.82, 2.24) is 15.2 Å². The van der Waals surface area contributed by atoms with Gasteiger partial charge in [-0.3, -0.25) is 9.69 Å². The molecular formula is C17H29N3O3. The van der Waals surface area contributed by atoms with Crippen molar-refractivity contribution in [3.63, 3.8) is 0 Å². The molecule has 3 atom stereocenters. The third-order valence-corrected chi connectivity index (χ3v) is 4.23. The first kappa shape index (κ1) is 17.9. The second-order valence-corrected chi connectivity index (χ2v) is 6.87. The second-order valence-electron chi connectivity index (χ2n) is 6.87. The Bertz CT molecular complexity index is 512. The molecular weight excluding hydrogens is 294 g/mol. The molecule has 3 unspecified atom stereocenters. The highest BCUT2D eigenvalue weighted by atomic mass is 16.5. The first-order valence-corrected chi connectivity index (χ1v) is 8.38. The zero-order valence-corrected chi connectivity index (χ0v) is 15.0. The van der Waals surface area contributed by atoms with Crippen molar-refractivity contribution in [1.29, 1.82) is 0 Å². The predicted molar refractivity (Wildman–Crippen MR) is 88.0 cm³/mol. The first-order valence-electron chi connectivity index (χ1n) is 8.38. The Morgan fingerprint density at radius 2 is 1.91 bits per heavy atom. The average Bonchev–Trinajstić information content (AvgIpc) is 2.74. The molecule has 0 saturated carbocycles. The van der Waals surface area contributed by atoms with E-state index in [2.05, 4.69) is 42.9 Å². The topological polar surface area (TPSA) is 67.6 Å². The molecule has 0 aromatic carbocycles. The Morgan fingerprint density at radius 3 is 2.39 bits per heavy atom. The number of morpholine rings is 1. The highest BCUT2D eigenvalue weighted by molar-refractivity contribution is 5.82. The zero-order valence-electron chi connectivity index (χ0n) is 15.0. The second kappa shape index (κ2) is 7.45. The third kappa shape index (κ3) is 4.54. The molecule has 0 radical (unpaired) electrons. The van der Waals surface area contributed by atoms with Crippen LogP contribution in [0.2, 0.25) is 0 Å². The molecule has 0 bridgehead atoms. The summed E-state index contributed by atoms with van der Waals surface area (Å²) in [6.07, 6.45) is 0.287. The van der Waals surface area contributed by atoms with Gasteiger partial charge in [0.05, 0.1) is 30.5 Å². The van der Waals surface area contributed by atoms with Crippen LogP contribution in [0.25, 0.3) is 0 Å². The van der Waals surface area contributed by atoms with Crippen molar-refractivity contribution in [2.75, 3.05) is 13.1 Å². The van der Waals surface area contributed by atoms with Crippen LogP contribution in [0.4, 0.5) is 0 Å². The van der Waals surface area contributed by atoms with Crippen LogP contribution in [-0.4, -0.2) is 47.1 Å². The van der Waals surface area contributed by atoms with Gasteiger partial charge >= 0.3 is 0 Å². The number of nitrogens with one attached hydrogen (secondary N) is 1. The SMILES string of the molecule is Cc1nc(CNC(=O)C(C(C)C)N2CC(C)OC(C)C2)oc1C. The van der Waals surface area contributed by atoms with Crippen molar-refractivity contribution < 1.29 is 13.9 Å². The Morgan fingerprint density at radius 1 is 1.30 bits per heavy atom. The van der Waals surface area contributed by atoms with Gasteiger partial charge in [0.2, 0.25) is 11.8 Å². The minimum atomic E-state index is -0.166. The summed E-state index contributed by atoms with van der Waals surface area (Å²) in [7, 11) is 0. The Labute approximate surface area is 138 Å². The summed E-state index contributed by atoms with van der Waals surface area (Å²) in [5.74, 6) is 1.60. The van der Waals surface area contributed by atoms with Gasteiger partial charge in [-0.15, -0.1) is 0 Å². The summed E-state index contributed by atoms with van der Waals surface area (Å²) in [6.45, 7) is 13.9. The van der Waals surface area contributed by atoms with E-state index in [-0.39, 0.29) is 30.1 Å². The van der Waals surface area contributed by atoms with Gasteiger partial charge in [-0.1, -0.05) is 13.8 Å². The molecule has 6 nitrogen and oxygen atoms in total. The van der Waals surface area contributed by atoms with Gasteiger partial charge in [-0.25, -0.2) is 4.98 Å². The molecule has 1 fully saturated rings. The molecule has 1 aromatic heterocycles. The number of aromatic nitrogens is 1. The molecule has 23 heavy (non-hydrogen) atoms. The van der Waals surface area contributed by atoms with E-state index in [0.717, 1.165) is 24.5 Å². The van der Waals surface area contributed by atoms with E-state index >= 15 is 0 Å². The van der Waals surface area contributed by atoms with Gasteiger partial charge < -0.3 is 14.5 Å². The van der Waals surface area contributed by atoms with Crippen LogP contribution in [0.15, 0.2) is 4.42 Å². The molecule has 1 amide bonds. The van der Waals surface area contributed by atoms with Crippen LogP contribution in [-0.2, 0) is 16.1 Å². The maximum absolute atomic E-state index is 12.7. The van der Waals surface area contributed by atoms with Crippen LogP contribution >= 0.6 is 0 Å². The number of aryl methyl sites for hydroxylation is 2. The number of hydrogen-bond donors (Lipinski definition) is 1. The molecule has 1 aliphatic rings. The third-order valence-electron chi connectivity index (χ3n) is 4.23. The van der Waals surface area contributed by atoms with Crippen LogP contribution in [0.1, 0.15) is 45.0 Å². The van der Waals surface area contributed by atoms with E-state index in [4.69, 9.17) is 9.15 Å². The van der Waals surface area contributed by atoms with Crippen LogP contribution in [0.3, 0.4) is 0 Å². The van der Waals surface area contributed by atoms with Crippen LogP contribution in [0.5, 0.6) is 0 Å². The fraction of sp³-hybridized carbons (Fsp3) is 0.765. The van der Waals surface area contributed by atoms with Gasteiger partial charge in [0.1, 0.15) is 5.76 Å². The zero-order chi connectivity index (χ0) is 17.1. The number of rotatable bonds is 5. The predicted octanol–water partition coefficient (Wildman–Crippen LogP) is 2.04. The van der Waals surface area contributed by atoms with Crippen LogP contribution in [0, 0.1) is 19.8 Å². The Balaban J connectivity index is 2.00. The number of carbonyl (C=O) groups excluding carboxylic acids is 1. The summed E-state index contributed by atoms with van der Waals surface area (Å²) in [5, 5.41) is 2.97. The van der Waals surface area contributed by atoms with Crippen LogP contribution < -0.4 is 5.32 Å². The quantitative estimate of drug-likeness (QED) is 0.898. The fourth-order valence-corrected chi connectivity index (χ4v) is 3.22.